The molecule has 1 fully saturated rings. The van der Waals surface area contributed by atoms with Gasteiger partial charge < -0.3 is 14.8 Å². The van der Waals surface area contributed by atoms with Crippen LogP contribution in [-0.4, -0.2) is 57.5 Å². The molecule has 1 aromatic carbocycles. The van der Waals surface area contributed by atoms with E-state index in [-0.39, 0.29) is 17.4 Å². The first-order valence-corrected chi connectivity index (χ1v) is 9.39. The van der Waals surface area contributed by atoms with Crippen molar-refractivity contribution in [2.75, 3.05) is 38.2 Å². The molecule has 0 spiro atoms. The van der Waals surface area contributed by atoms with E-state index in [0.29, 0.717) is 32.0 Å². The van der Waals surface area contributed by atoms with Crippen molar-refractivity contribution < 1.29 is 27.5 Å². The van der Waals surface area contributed by atoms with Crippen LogP contribution in [0.25, 0.3) is 0 Å². The van der Waals surface area contributed by atoms with Gasteiger partial charge in [0, 0.05) is 18.8 Å². The van der Waals surface area contributed by atoms with Crippen molar-refractivity contribution >= 4 is 27.6 Å². The first-order chi connectivity index (χ1) is 11.8. The van der Waals surface area contributed by atoms with Crippen LogP contribution < -0.4 is 5.32 Å². The lowest BCUT2D eigenvalue weighted by Crippen LogP contribution is -2.40. The van der Waals surface area contributed by atoms with Gasteiger partial charge in [0.25, 0.3) is 5.91 Å². The molecule has 9 heteroatoms. The summed E-state index contributed by atoms with van der Waals surface area (Å²) in [7, 11) is -3.57. The molecule has 0 unspecified atom stereocenters. The van der Waals surface area contributed by atoms with Crippen molar-refractivity contribution in [1.82, 2.24) is 4.31 Å². The zero-order chi connectivity index (χ0) is 18.4. The normalized spacial score (nSPS) is 15.8. The topological polar surface area (TPSA) is 102 Å². The van der Waals surface area contributed by atoms with Gasteiger partial charge in [-0.1, -0.05) is 13.8 Å². The highest BCUT2D eigenvalue weighted by Crippen LogP contribution is 2.19. The number of anilines is 1. The van der Waals surface area contributed by atoms with E-state index < -0.39 is 21.9 Å². The zero-order valence-electron chi connectivity index (χ0n) is 14.2. The molecule has 0 atom stereocenters. The molecule has 1 heterocycles. The largest absolute Gasteiger partial charge is 0.455 e. The van der Waals surface area contributed by atoms with Crippen LogP contribution in [0.4, 0.5) is 5.69 Å². The summed E-state index contributed by atoms with van der Waals surface area (Å²) in [6.07, 6.45) is 0. The summed E-state index contributed by atoms with van der Waals surface area (Å²) in [5, 5.41) is 2.55. The van der Waals surface area contributed by atoms with Crippen molar-refractivity contribution in [2.24, 2.45) is 5.92 Å². The van der Waals surface area contributed by atoms with Gasteiger partial charge in [0.1, 0.15) is 0 Å². The quantitative estimate of drug-likeness (QED) is 0.745. The number of benzene rings is 1. The van der Waals surface area contributed by atoms with E-state index in [4.69, 9.17) is 9.47 Å². The molecule has 1 aliphatic heterocycles. The van der Waals surface area contributed by atoms with Crippen LogP contribution in [0.5, 0.6) is 0 Å². The number of nitrogens with one attached hydrogen (secondary N) is 1. The van der Waals surface area contributed by atoms with Crippen molar-refractivity contribution in [3.63, 3.8) is 0 Å². The lowest BCUT2D eigenvalue weighted by molar-refractivity contribution is -0.150. The molecule has 0 saturated carbocycles. The van der Waals surface area contributed by atoms with Gasteiger partial charge in [0.2, 0.25) is 10.0 Å². The fourth-order valence-corrected chi connectivity index (χ4v) is 3.55. The molecule has 1 aliphatic rings. The number of morpholine rings is 1. The van der Waals surface area contributed by atoms with Gasteiger partial charge in [0.15, 0.2) is 6.61 Å². The summed E-state index contributed by atoms with van der Waals surface area (Å²) < 4.78 is 36.3. The minimum absolute atomic E-state index is 0.152. The minimum atomic E-state index is -3.57. The second-order valence-electron chi connectivity index (χ2n) is 5.85. The van der Waals surface area contributed by atoms with Gasteiger partial charge in [-0.3, -0.25) is 9.59 Å². The number of amides is 1. The number of sulfonamides is 1. The third kappa shape index (κ3) is 5.25. The molecular weight excluding hydrogens is 348 g/mol. The molecule has 1 N–H and O–H groups in total. The molecule has 0 radical (unpaired) electrons. The molecule has 1 aromatic rings. The van der Waals surface area contributed by atoms with Gasteiger partial charge >= 0.3 is 5.97 Å². The Morgan fingerprint density at radius 3 is 2.36 bits per heavy atom. The average molecular weight is 370 g/mol. The summed E-state index contributed by atoms with van der Waals surface area (Å²) in [4.78, 5) is 23.2. The molecule has 8 nitrogen and oxygen atoms in total. The summed E-state index contributed by atoms with van der Waals surface area (Å²) in [6.45, 7) is 4.36. The zero-order valence-corrected chi connectivity index (χ0v) is 15.0. The maximum atomic E-state index is 12.5. The highest BCUT2D eigenvalue weighted by Gasteiger charge is 2.26. The lowest BCUT2D eigenvalue weighted by Gasteiger charge is -2.26. The van der Waals surface area contributed by atoms with Crippen molar-refractivity contribution in [1.29, 1.82) is 0 Å². The predicted molar refractivity (Wildman–Crippen MR) is 90.4 cm³/mol. The van der Waals surface area contributed by atoms with Gasteiger partial charge in [-0.2, -0.15) is 4.31 Å². The third-order valence-corrected chi connectivity index (χ3v) is 5.48. The highest BCUT2D eigenvalue weighted by molar-refractivity contribution is 7.89. The van der Waals surface area contributed by atoms with Crippen LogP contribution in [-0.2, 0) is 29.1 Å². The minimum Gasteiger partial charge on any atom is -0.455 e. The number of carbonyl (C=O) groups excluding carboxylic acids is 2. The SMILES string of the molecule is CC(C)C(=O)OCC(=O)Nc1ccc(S(=O)(=O)N2CCOCC2)cc1. The number of rotatable bonds is 6. The van der Waals surface area contributed by atoms with E-state index in [1.54, 1.807) is 13.8 Å². The van der Waals surface area contributed by atoms with E-state index >= 15 is 0 Å². The summed E-state index contributed by atoms with van der Waals surface area (Å²) >= 11 is 0. The number of hydrogen-bond donors (Lipinski definition) is 1. The maximum absolute atomic E-state index is 12.5. The molecule has 1 amide bonds. The third-order valence-electron chi connectivity index (χ3n) is 3.56. The van der Waals surface area contributed by atoms with Crippen LogP contribution in [0.3, 0.4) is 0 Å². The van der Waals surface area contributed by atoms with Gasteiger partial charge in [0.05, 0.1) is 24.0 Å². The Morgan fingerprint density at radius 2 is 1.80 bits per heavy atom. The summed E-state index contributed by atoms with van der Waals surface area (Å²) in [5.74, 6) is -1.25. The number of ether oxygens (including phenoxy) is 2. The van der Waals surface area contributed by atoms with Crippen LogP contribution in [0.15, 0.2) is 29.2 Å². The molecule has 0 bridgehead atoms. The maximum Gasteiger partial charge on any atom is 0.308 e. The Kier molecular flexibility index (Phi) is 6.51. The number of carbonyl (C=O) groups is 2. The van der Waals surface area contributed by atoms with E-state index in [2.05, 4.69) is 5.32 Å². The van der Waals surface area contributed by atoms with Crippen LogP contribution in [0.2, 0.25) is 0 Å². The molecule has 1 saturated heterocycles. The Balaban J connectivity index is 1.95. The van der Waals surface area contributed by atoms with Gasteiger partial charge in [-0.25, -0.2) is 8.42 Å². The molecule has 138 valence electrons. The van der Waals surface area contributed by atoms with Crippen molar-refractivity contribution in [3.8, 4) is 0 Å². The van der Waals surface area contributed by atoms with Gasteiger partial charge in [-0.15, -0.1) is 0 Å². The first kappa shape index (κ1) is 19.4. The Morgan fingerprint density at radius 1 is 1.20 bits per heavy atom. The fourth-order valence-electron chi connectivity index (χ4n) is 2.15. The predicted octanol–water partition coefficient (Wildman–Crippen LogP) is 0.845. The molecule has 0 aliphatic carbocycles. The first-order valence-electron chi connectivity index (χ1n) is 7.95. The average Bonchev–Trinajstić information content (AvgIpc) is 2.60. The Bertz CT molecular complexity index is 709. The number of nitrogens with zero attached hydrogens (tertiary/aromatic N) is 1. The van der Waals surface area contributed by atoms with Crippen molar-refractivity contribution in [2.45, 2.75) is 18.7 Å². The van der Waals surface area contributed by atoms with E-state index in [1.165, 1.54) is 28.6 Å². The second kappa shape index (κ2) is 8.41. The fraction of sp³-hybridized carbons (Fsp3) is 0.500. The number of hydrogen-bond acceptors (Lipinski definition) is 6. The Labute approximate surface area is 147 Å². The van der Waals surface area contributed by atoms with Crippen molar-refractivity contribution in [3.05, 3.63) is 24.3 Å². The van der Waals surface area contributed by atoms with E-state index in [0.717, 1.165) is 0 Å². The second-order valence-corrected chi connectivity index (χ2v) is 7.79. The Hall–Kier alpha value is -1.97. The molecular formula is C16H22N2O6S. The molecule has 2 rings (SSSR count). The monoisotopic (exact) mass is 370 g/mol. The lowest BCUT2D eigenvalue weighted by atomic mass is 10.2. The number of esters is 1. The van der Waals surface area contributed by atoms with E-state index in [1.807, 2.05) is 0 Å². The summed E-state index contributed by atoms with van der Waals surface area (Å²) in [5.41, 5.74) is 0.423. The summed E-state index contributed by atoms with van der Waals surface area (Å²) in [6, 6.07) is 5.85. The highest BCUT2D eigenvalue weighted by atomic mass is 32.2. The van der Waals surface area contributed by atoms with Crippen LogP contribution in [0.1, 0.15) is 13.8 Å². The van der Waals surface area contributed by atoms with Crippen LogP contribution in [0, 0.1) is 5.92 Å². The molecule has 25 heavy (non-hydrogen) atoms. The standard InChI is InChI=1S/C16H22N2O6S/c1-12(2)16(20)24-11-15(19)17-13-3-5-14(6-4-13)25(21,22)18-7-9-23-10-8-18/h3-6,12H,7-11H2,1-2H3,(H,17,19). The van der Waals surface area contributed by atoms with Crippen LogP contribution >= 0.6 is 0 Å². The van der Waals surface area contributed by atoms with E-state index in [9.17, 15) is 18.0 Å². The van der Waals surface area contributed by atoms with Gasteiger partial charge in [-0.05, 0) is 24.3 Å². The molecule has 0 aromatic heterocycles. The smallest absolute Gasteiger partial charge is 0.308 e.